The number of amides is 6. The molecule has 3 aromatic carbocycles. The van der Waals surface area contributed by atoms with E-state index in [2.05, 4.69) is 31.6 Å². The van der Waals surface area contributed by atoms with Crippen molar-refractivity contribution in [2.75, 3.05) is 0 Å². The zero-order valence-corrected chi connectivity index (χ0v) is 32.8. The van der Waals surface area contributed by atoms with Crippen LogP contribution in [0.1, 0.15) is 61.3 Å². The lowest BCUT2D eigenvalue weighted by atomic mass is 9.98. The molecule has 0 bridgehead atoms. The highest BCUT2D eigenvalue weighted by Gasteiger charge is 2.34. The van der Waals surface area contributed by atoms with Crippen LogP contribution in [-0.2, 0) is 43.2 Å². The topological polar surface area (TPSA) is 201 Å². The number of rotatable bonds is 20. The molecule has 0 unspecified atom stereocenters. The molecule has 0 radical (unpaired) electrons. The van der Waals surface area contributed by atoms with Crippen LogP contribution in [0.25, 0.3) is 0 Å². The second kappa shape index (κ2) is 21.6. The summed E-state index contributed by atoms with van der Waals surface area (Å²) in [7, 11) is 0. The molecule has 6 amide bonds. The first kappa shape index (κ1) is 43.4. The van der Waals surface area contributed by atoms with Gasteiger partial charge < -0.3 is 32.3 Å². The van der Waals surface area contributed by atoms with Crippen molar-refractivity contribution in [1.82, 2.24) is 31.6 Å². The number of nitrogens with one attached hydrogen (secondary N) is 5. The Bertz CT molecular complexity index is 1930. The van der Waals surface area contributed by atoms with Crippen molar-refractivity contribution < 1.29 is 28.8 Å². The maximum Gasteiger partial charge on any atom is 0.251 e. The second-order valence-electron chi connectivity index (χ2n) is 14.7. The SMILES string of the molecule is CC(C)C[C@@H](NC(=O)[C@H](NC(=O)[C@@H](Cc1ccccc1)NC(=O)[C@@H](Cc1ccccc1)NC(=O)[C@@H](Cc1ccccn1)NC(=O)c1ccccc1)C(C)C)C(N)=O. The van der Waals surface area contributed by atoms with Crippen LogP contribution in [0.15, 0.2) is 115 Å². The maximum absolute atomic E-state index is 14.4. The average molecular weight is 776 g/mol. The Morgan fingerprint density at radius 2 is 0.982 bits per heavy atom. The van der Waals surface area contributed by atoms with Gasteiger partial charge in [-0.25, -0.2) is 0 Å². The number of aromatic nitrogens is 1. The van der Waals surface area contributed by atoms with Crippen LogP contribution in [0, 0.1) is 11.8 Å². The number of carbonyl (C=O) groups is 6. The third-order valence-electron chi connectivity index (χ3n) is 9.24. The second-order valence-corrected chi connectivity index (χ2v) is 14.7. The molecule has 1 aromatic heterocycles. The first-order chi connectivity index (χ1) is 27.3. The minimum Gasteiger partial charge on any atom is -0.368 e. The van der Waals surface area contributed by atoms with Crippen molar-refractivity contribution in [3.63, 3.8) is 0 Å². The summed E-state index contributed by atoms with van der Waals surface area (Å²) in [5.41, 5.74) is 7.95. The van der Waals surface area contributed by atoms with Crippen LogP contribution in [0.3, 0.4) is 0 Å². The molecular formula is C44H53N7O6. The predicted molar refractivity (Wildman–Crippen MR) is 217 cm³/mol. The minimum atomic E-state index is -1.19. The summed E-state index contributed by atoms with van der Waals surface area (Å²) in [6.45, 7) is 7.30. The van der Waals surface area contributed by atoms with Gasteiger partial charge in [0, 0.05) is 36.7 Å². The van der Waals surface area contributed by atoms with E-state index in [4.69, 9.17) is 5.73 Å². The molecule has 13 nitrogen and oxygen atoms in total. The monoisotopic (exact) mass is 775 g/mol. The molecule has 0 aliphatic heterocycles. The molecule has 0 spiro atoms. The summed E-state index contributed by atoms with van der Waals surface area (Å²) in [6, 6.07) is 26.3. The van der Waals surface area contributed by atoms with Gasteiger partial charge in [0.15, 0.2) is 0 Å². The number of hydrogen-bond acceptors (Lipinski definition) is 7. The van der Waals surface area contributed by atoms with E-state index < -0.39 is 71.6 Å². The summed E-state index contributed by atoms with van der Waals surface area (Å²) < 4.78 is 0. The zero-order chi connectivity index (χ0) is 41.3. The highest BCUT2D eigenvalue weighted by atomic mass is 16.2. The summed E-state index contributed by atoms with van der Waals surface area (Å²) in [5.74, 6) is -4.03. The van der Waals surface area contributed by atoms with Crippen LogP contribution in [0.4, 0.5) is 0 Å². The normalized spacial score (nSPS) is 13.6. The van der Waals surface area contributed by atoms with Gasteiger partial charge in [-0.1, -0.05) is 113 Å². The maximum atomic E-state index is 14.4. The van der Waals surface area contributed by atoms with E-state index in [9.17, 15) is 28.8 Å². The number of nitrogens with zero attached hydrogens (tertiary/aromatic N) is 1. The summed E-state index contributed by atoms with van der Waals surface area (Å²) in [5, 5.41) is 14.0. The molecule has 1 heterocycles. The first-order valence-corrected chi connectivity index (χ1v) is 19.1. The summed E-state index contributed by atoms with van der Waals surface area (Å²) in [6.07, 6.45) is 2.06. The minimum absolute atomic E-state index is 0.0381. The van der Waals surface area contributed by atoms with Gasteiger partial charge in [-0.15, -0.1) is 0 Å². The van der Waals surface area contributed by atoms with E-state index in [1.165, 1.54) is 0 Å². The van der Waals surface area contributed by atoms with Crippen molar-refractivity contribution in [3.8, 4) is 0 Å². The van der Waals surface area contributed by atoms with Crippen molar-refractivity contribution in [2.24, 2.45) is 17.6 Å². The van der Waals surface area contributed by atoms with E-state index in [0.717, 1.165) is 11.1 Å². The molecular weight excluding hydrogens is 723 g/mol. The standard InChI is InChI=1S/C44H53N7O6/c1-28(2)24-34(39(45)52)47-44(57)38(29(3)4)51-43(56)36(26-31-18-10-6-11-19-31)50-41(54)35(25-30-16-8-5-9-17-30)49-42(55)37(27-33-22-14-15-23-46-33)48-40(53)32-20-12-7-13-21-32/h5-23,28-29,34-38H,24-27H2,1-4H3,(H2,45,52)(H,47,57)(H,48,53)(H,49,55)(H,50,54)(H,51,56)/t34-,35-,36-,37-,38-/m1/s1. The number of benzene rings is 3. The molecule has 57 heavy (non-hydrogen) atoms. The van der Waals surface area contributed by atoms with Gasteiger partial charge in [0.05, 0.1) is 0 Å². The van der Waals surface area contributed by atoms with E-state index in [0.29, 0.717) is 17.7 Å². The van der Waals surface area contributed by atoms with Gasteiger partial charge >= 0.3 is 0 Å². The lowest BCUT2D eigenvalue weighted by Gasteiger charge is -2.28. The van der Waals surface area contributed by atoms with E-state index in [1.807, 2.05) is 62.4 Å². The number of pyridine rings is 1. The Labute approximate surface area is 334 Å². The van der Waals surface area contributed by atoms with Gasteiger partial charge in [0.1, 0.15) is 30.2 Å². The predicted octanol–water partition coefficient (Wildman–Crippen LogP) is 3.03. The Kier molecular flexibility index (Phi) is 16.5. The number of carbonyl (C=O) groups excluding carboxylic acids is 6. The molecule has 4 rings (SSSR count). The lowest BCUT2D eigenvalue weighted by Crippen LogP contribution is -2.60. The molecule has 0 saturated carbocycles. The van der Waals surface area contributed by atoms with E-state index >= 15 is 0 Å². The summed E-state index contributed by atoms with van der Waals surface area (Å²) in [4.78, 5) is 85.9. The zero-order valence-electron chi connectivity index (χ0n) is 32.8. The summed E-state index contributed by atoms with van der Waals surface area (Å²) >= 11 is 0. The third kappa shape index (κ3) is 14.0. The fourth-order valence-corrected chi connectivity index (χ4v) is 6.20. The fraction of sp³-hybridized carbons (Fsp3) is 0.341. The lowest BCUT2D eigenvalue weighted by molar-refractivity contribution is -0.135. The molecule has 0 aliphatic carbocycles. The molecule has 7 N–H and O–H groups in total. The van der Waals surface area contributed by atoms with Gasteiger partial charge in [-0.3, -0.25) is 33.8 Å². The van der Waals surface area contributed by atoms with Gasteiger partial charge in [0.25, 0.3) is 5.91 Å². The van der Waals surface area contributed by atoms with Crippen molar-refractivity contribution in [2.45, 2.75) is 83.6 Å². The number of hydrogen-bond donors (Lipinski definition) is 6. The molecule has 0 aliphatic rings. The third-order valence-corrected chi connectivity index (χ3v) is 9.24. The Hall–Kier alpha value is -6.37. The Morgan fingerprint density at radius 3 is 1.44 bits per heavy atom. The highest BCUT2D eigenvalue weighted by molar-refractivity contribution is 5.99. The number of nitrogens with two attached hydrogens (primary N) is 1. The number of primary amides is 1. The van der Waals surface area contributed by atoms with Crippen molar-refractivity contribution in [1.29, 1.82) is 0 Å². The Morgan fingerprint density at radius 1 is 0.526 bits per heavy atom. The van der Waals surface area contributed by atoms with Crippen LogP contribution in [0.5, 0.6) is 0 Å². The van der Waals surface area contributed by atoms with Gasteiger partial charge in [0.2, 0.25) is 29.5 Å². The Balaban J connectivity index is 1.62. The molecule has 300 valence electrons. The van der Waals surface area contributed by atoms with Crippen LogP contribution in [0.2, 0.25) is 0 Å². The van der Waals surface area contributed by atoms with Crippen LogP contribution in [-0.4, -0.2) is 70.6 Å². The molecule has 0 fully saturated rings. The van der Waals surface area contributed by atoms with Crippen LogP contribution >= 0.6 is 0 Å². The van der Waals surface area contributed by atoms with E-state index in [1.54, 1.807) is 80.7 Å². The highest BCUT2D eigenvalue weighted by Crippen LogP contribution is 2.12. The van der Waals surface area contributed by atoms with Crippen molar-refractivity contribution >= 4 is 35.4 Å². The molecule has 13 heteroatoms. The average Bonchev–Trinajstić information content (AvgIpc) is 3.19. The van der Waals surface area contributed by atoms with Gasteiger partial charge in [-0.2, -0.15) is 0 Å². The fourth-order valence-electron chi connectivity index (χ4n) is 6.20. The first-order valence-electron chi connectivity index (χ1n) is 19.1. The molecule has 5 atom stereocenters. The van der Waals surface area contributed by atoms with Crippen molar-refractivity contribution in [3.05, 3.63) is 138 Å². The van der Waals surface area contributed by atoms with Crippen LogP contribution < -0.4 is 32.3 Å². The molecule has 0 saturated heterocycles. The molecule has 4 aromatic rings. The van der Waals surface area contributed by atoms with Gasteiger partial charge in [-0.05, 0) is 53.6 Å². The quantitative estimate of drug-likeness (QED) is 0.0792. The largest absolute Gasteiger partial charge is 0.368 e. The van der Waals surface area contributed by atoms with E-state index in [-0.39, 0.29) is 25.2 Å². The smallest absolute Gasteiger partial charge is 0.251 e.